The Hall–Kier alpha value is -2.41. The molecule has 1 aromatic carbocycles. The lowest BCUT2D eigenvalue weighted by molar-refractivity contribution is -0.147. The topological polar surface area (TPSA) is 56.8 Å². The SMILES string of the molecule is Cc1csc(N2CCCN(C(=O)C(c3ccccc3)N3CCCCC3=O)CC2)n1. The zero-order valence-corrected chi connectivity index (χ0v) is 17.7. The second-order valence-corrected chi connectivity index (χ2v) is 8.63. The van der Waals surface area contributed by atoms with Crippen LogP contribution in [0.15, 0.2) is 35.7 Å². The van der Waals surface area contributed by atoms with E-state index in [1.54, 1.807) is 16.2 Å². The zero-order chi connectivity index (χ0) is 20.2. The normalized spacial score (nSPS) is 19.2. The second kappa shape index (κ2) is 8.95. The van der Waals surface area contributed by atoms with Gasteiger partial charge < -0.3 is 14.7 Å². The lowest BCUT2D eigenvalue weighted by Gasteiger charge is -2.36. The number of thiazole rings is 1. The number of carbonyl (C=O) groups excluding carboxylic acids is 2. The number of hydrogen-bond acceptors (Lipinski definition) is 5. The standard InChI is InChI=1S/C22H28N4O2S/c1-17-16-29-22(23-17)25-12-7-11-24(14-15-25)21(28)20(18-8-3-2-4-9-18)26-13-6-5-10-19(26)27/h2-4,8-9,16,20H,5-7,10-15H2,1H3. The molecule has 4 rings (SSSR count). The molecule has 0 spiro atoms. The summed E-state index contributed by atoms with van der Waals surface area (Å²) < 4.78 is 0. The van der Waals surface area contributed by atoms with Crippen molar-refractivity contribution in [1.29, 1.82) is 0 Å². The highest BCUT2D eigenvalue weighted by atomic mass is 32.1. The van der Waals surface area contributed by atoms with Gasteiger partial charge in [0.1, 0.15) is 6.04 Å². The maximum atomic E-state index is 13.6. The summed E-state index contributed by atoms with van der Waals surface area (Å²) in [6.07, 6.45) is 3.31. The minimum absolute atomic E-state index is 0.0450. The van der Waals surface area contributed by atoms with E-state index in [4.69, 9.17) is 0 Å². The number of piperidine rings is 1. The highest BCUT2D eigenvalue weighted by Gasteiger charge is 2.35. The molecule has 6 nitrogen and oxygen atoms in total. The molecule has 1 aromatic heterocycles. The highest BCUT2D eigenvalue weighted by Crippen LogP contribution is 2.28. The molecular formula is C22H28N4O2S. The maximum absolute atomic E-state index is 13.6. The number of benzene rings is 1. The van der Waals surface area contributed by atoms with Gasteiger partial charge in [0.05, 0.1) is 5.69 Å². The van der Waals surface area contributed by atoms with E-state index in [2.05, 4.69) is 15.3 Å². The summed E-state index contributed by atoms with van der Waals surface area (Å²) in [5.41, 5.74) is 1.94. The molecule has 0 saturated carbocycles. The van der Waals surface area contributed by atoms with Crippen molar-refractivity contribution in [2.75, 3.05) is 37.6 Å². The van der Waals surface area contributed by atoms with Crippen LogP contribution in [0.3, 0.4) is 0 Å². The third kappa shape index (κ3) is 4.45. The van der Waals surface area contributed by atoms with Crippen LogP contribution in [0.2, 0.25) is 0 Å². The van der Waals surface area contributed by atoms with Crippen molar-refractivity contribution in [3.8, 4) is 0 Å². The largest absolute Gasteiger partial charge is 0.346 e. The number of hydrogen-bond donors (Lipinski definition) is 0. The molecule has 29 heavy (non-hydrogen) atoms. The second-order valence-electron chi connectivity index (χ2n) is 7.79. The van der Waals surface area contributed by atoms with Crippen LogP contribution < -0.4 is 4.90 Å². The van der Waals surface area contributed by atoms with Crippen molar-refractivity contribution >= 4 is 28.3 Å². The van der Waals surface area contributed by atoms with Gasteiger partial charge in [-0.2, -0.15) is 0 Å². The molecule has 0 radical (unpaired) electrons. The molecule has 2 aromatic rings. The Kier molecular flexibility index (Phi) is 6.13. The molecule has 7 heteroatoms. The fourth-order valence-corrected chi connectivity index (χ4v) is 5.04. The van der Waals surface area contributed by atoms with Crippen LogP contribution in [-0.4, -0.2) is 59.3 Å². The summed E-state index contributed by atoms with van der Waals surface area (Å²) in [5, 5.41) is 3.10. The van der Waals surface area contributed by atoms with Crippen LogP contribution >= 0.6 is 11.3 Å². The summed E-state index contributed by atoms with van der Waals surface area (Å²) in [6, 6.07) is 9.25. The fourth-order valence-electron chi connectivity index (χ4n) is 4.18. The zero-order valence-electron chi connectivity index (χ0n) is 16.9. The van der Waals surface area contributed by atoms with E-state index in [9.17, 15) is 9.59 Å². The van der Waals surface area contributed by atoms with Gasteiger partial charge in [-0.15, -0.1) is 11.3 Å². The Balaban J connectivity index is 1.53. The van der Waals surface area contributed by atoms with Crippen LogP contribution in [0, 0.1) is 6.92 Å². The number of rotatable bonds is 4. The van der Waals surface area contributed by atoms with Gasteiger partial charge in [0.25, 0.3) is 0 Å². The molecule has 0 aliphatic carbocycles. The molecule has 0 N–H and O–H groups in total. The number of aryl methyl sites for hydroxylation is 1. The summed E-state index contributed by atoms with van der Waals surface area (Å²) in [7, 11) is 0. The highest BCUT2D eigenvalue weighted by molar-refractivity contribution is 7.13. The number of likely N-dealkylation sites (tertiary alicyclic amines) is 1. The molecule has 1 atom stereocenters. The molecule has 2 amide bonds. The first-order chi connectivity index (χ1) is 14.1. The monoisotopic (exact) mass is 412 g/mol. The van der Waals surface area contributed by atoms with Crippen LogP contribution in [0.1, 0.15) is 43.0 Å². The number of aromatic nitrogens is 1. The molecule has 3 heterocycles. The molecule has 2 aliphatic rings. The van der Waals surface area contributed by atoms with E-state index in [-0.39, 0.29) is 11.8 Å². The van der Waals surface area contributed by atoms with Gasteiger partial charge >= 0.3 is 0 Å². The Morgan fingerprint density at radius 2 is 1.86 bits per heavy atom. The van der Waals surface area contributed by atoms with Crippen molar-refractivity contribution in [3.05, 3.63) is 47.0 Å². The number of carbonyl (C=O) groups is 2. The first-order valence-corrected chi connectivity index (χ1v) is 11.3. The quantitative estimate of drug-likeness (QED) is 0.774. The lowest BCUT2D eigenvalue weighted by Crippen LogP contribution is -2.48. The van der Waals surface area contributed by atoms with Gasteiger partial charge in [-0.1, -0.05) is 30.3 Å². The molecule has 154 valence electrons. The Morgan fingerprint density at radius 3 is 2.59 bits per heavy atom. The number of anilines is 1. The number of nitrogens with zero attached hydrogens (tertiary/aromatic N) is 4. The van der Waals surface area contributed by atoms with Crippen molar-refractivity contribution < 1.29 is 9.59 Å². The molecule has 0 bridgehead atoms. The third-order valence-electron chi connectivity index (χ3n) is 5.71. The van der Waals surface area contributed by atoms with Crippen LogP contribution in [-0.2, 0) is 9.59 Å². The molecule has 2 saturated heterocycles. The van der Waals surface area contributed by atoms with Crippen molar-refractivity contribution in [2.45, 2.75) is 38.6 Å². The average molecular weight is 413 g/mol. The van der Waals surface area contributed by atoms with Gasteiger partial charge in [-0.25, -0.2) is 4.98 Å². The van der Waals surface area contributed by atoms with Gasteiger partial charge in [-0.3, -0.25) is 9.59 Å². The predicted molar refractivity (Wildman–Crippen MR) is 115 cm³/mol. The minimum atomic E-state index is -0.516. The molecule has 1 unspecified atom stereocenters. The van der Waals surface area contributed by atoms with E-state index < -0.39 is 6.04 Å². The van der Waals surface area contributed by atoms with Crippen LogP contribution in [0.25, 0.3) is 0 Å². The van der Waals surface area contributed by atoms with Crippen LogP contribution in [0.5, 0.6) is 0 Å². The molecule has 2 fully saturated rings. The summed E-state index contributed by atoms with van der Waals surface area (Å²) >= 11 is 1.66. The van der Waals surface area contributed by atoms with E-state index in [1.165, 1.54) is 0 Å². The van der Waals surface area contributed by atoms with E-state index in [1.807, 2.05) is 42.2 Å². The van der Waals surface area contributed by atoms with Gasteiger partial charge in [0.2, 0.25) is 11.8 Å². The predicted octanol–water partition coefficient (Wildman–Crippen LogP) is 3.24. The van der Waals surface area contributed by atoms with Gasteiger partial charge in [0.15, 0.2) is 5.13 Å². The third-order valence-corrected chi connectivity index (χ3v) is 6.73. The first kappa shape index (κ1) is 19.9. The molecule has 2 aliphatic heterocycles. The Morgan fingerprint density at radius 1 is 1.03 bits per heavy atom. The van der Waals surface area contributed by atoms with Crippen molar-refractivity contribution in [2.24, 2.45) is 0 Å². The lowest BCUT2D eigenvalue weighted by atomic mass is 10.00. The first-order valence-electron chi connectivity index (χ1n) is 10.4. The van der Waals surface area contributed by atoms with Crippen molar-refractivity contribution in [1.82, 2.24) is 14.8 Å². The fraction of sp³-hybridized carbons (Fsp3) is 0.500. The summed E-state index contributed by atoms with van der Waals surface area (Å²) in [4.78, 5) is 36.9. The van der Waals surface area contributed by atoms with Crippen LogP contribution in [0.4, 0.5) is 5.13 Å². The van der Waals surface area contributed by atoms with E-state index in [0.717, 1.165) is 48.7 Å². The Bertz CT molecular complexity index is 854. The Labute approximate surface area is 176 Å². The number of amides is 2. The average Bonchev–Trinajstić information content (AvgIpc) is 3.02. The maximum Gasteiger partial charge on any atom is 0.250 e. The van der Waals surface area contributed by atoms with Gasteiger partial charge in [0, 0.05) is 44.5 Å². The smallest absolute Gasteiger partial charge is 0.250 e. The van der Waals surface area contributed by atoms with E-state index in [0.29, 0.717) is 26.1 Å². The van der Waals surface area contributed by atoms with E-state index >= 15 is 0 Å². The van der Waals surface area contributed by atoms with Crippen molar-refractivity contribution in [3.63, 3.8) is 0 Å². The summed E-state index contributed by atoms with van der Waals surface area (Å²) in [5.74, 6) is 0.136. The minimum Gasteiger partial charge on any atom is -0.346 e. The summed E-state index contributed by atoms with van der Waals surface area (Å²) in [6.45, 7) is 5.70. The van der Waals surface area contributed by atoms with Gasteiger partial charge in [-0.05, 0) is 31.7 Å². The molecular weight excluding hydrogens is 384 g/mol.